The van der Waals surface area contributed by atoms with Crippen LogP contribution in [0.5, 0.6) is 11.6 Å². The van der Waals surface area contributed by atoms with E-state index in [1.54, 1.807) is 7.11 Å². The number of ether oxygens (including phenoxy) is 1. The van der Waals surface area contributed by atoms with Gasteiger partial charge in [0.15, 0.2) is 0 Å². The van der Waals surface area contributed by atoms with Crippen LogP contribution in [0.25, 0.3) is 16.5 Å². The van der Waals surface area contributed by atoms with Crippen molar-refractivity contribution in [2.24, 2.45) is 0 Å². The molecule has 1 aromatic heterocycles. The average Bonchev–Trinajstić information content (AvgIpc) is 3.11. The molecule has 0 amide bonds. The van der Waals surface area contributed by atoms with Gasteiger partial charge in [0, 0.05) is 22.7 Å². The monoisotopic (exact) mass is 279 g/mol. The van der Waals surface area contributed by atoms with Gasteiger partial charge in [-0.3, -0.25) is 4.57 Å². The molecule has 0 bridgehead atoms. The second kappa shape index (κ2) is 4.55. The van der Waals surface area contributed by atoms with Crippen molar-refractivity contribution in [1.29, 1.82) is 0 Å². The van der Waals surface area contributed by atoms with Crippen molar-refractivity contribution in [3.63, 3.8) is 0 Å². The van der Waals surface area contributed by atoms with Crippen LogP contribution in [0.3, 0.4) is 0 Å². The highest BCUT2D eigenvalue weighted by Gasteiger charge is 2.14. The van der Waals surface area contributed by atoms with Crippen molar-refractivity contribution in [3.05, 3.63) is 53.7 Å². The number of hydrogen-bond donors (Lipinski definition) is 1. The zero-order valence-electron chi connectivity index (χ0n) is 12.0. The first kappa shape index (κ1) is 12.3. The molecule has 0 atom stereocenters. The number of rotatable bonds is 2. The van der Waals surface area contributed by atoms with Gasteiger partial charge >= 0.3 is 0 Å². The molecule has 0 saturated heterocycles. The molecular weight excluding hydrogens is 262 g/mol. The lowest BCUT2D eigenvalue weighted by Gasteiger charge is -2.07. The normalized spacial score (nSPS) is 13.6. The summed E-state index contributed by atoms with van der Waals surface area (Å²) in [5, 5.41) is 12.3. The van der Waals surface area contributed by atoms with Crippen LogP contribution in [0, 0.1) is 0 Å². The van der Waals surface area contributed by atoms with Crippen molar-refractivity contribution in [3.8, 4) is 17.3 Å². The number of aryl methyl sites for hydroxylation is 2. The molecule has 1 N–H and O–H groups in total. The molecule has 0 aliphatic heterocycles. The van der Waals surface area contributed by atoms with Crippen molar-refractivity contribution in [1.82, 2.24) is 4.57 Å². The molecule has 0 radical (unpaired) electrons. The molecule has 1 aliphatic rings. The predicted octanol–water partition coefficient (Wildman–Crippen LogP) is 3.83. The van der Waals surface area contributed by atoms with E-state index in [4.69, 9.17) is 4.74 Å². The minimum Gasteiger partial charge on any atom is -0.497 e. The summed E-state index contributed by atoms with van der Waals surface area (Å²) in [6, 6.07) is 12.2. The maximum absolute atomic E-state index is 10.5. The Hall–Kier alpha value is -2.42. The Kier molecular flexibility index (Phi) is 2.67. The van der Waals surface area contributed by atoms with Crippen LogP contribution in [-0.2, 0) is 12.8 Å². The van der Waals surface area contributed by atoms with Crippen molar-refractivity contribution in [2.45, 2.75) is 19.3 Å². The highest BCUT2D eigenvalue weighted by Crippen LogP contribution is 2.34. The summed E-state index contributed by atoms with van der Waals surface area (Å²) in [7, 11) is 1.63. The molecule has 0 fully saturated rings. The summed E-state index contributed by atoms with van der Waals surface area (Å²) in [5.41, 5.74) is 3.86. The first-order valence-corrected chi connectivity index (χ1v) is 7.26. The molecule has 1 heterocycles. The van der Waals surface area contributed by atoms with E-state index in [1.165, 1.54) is 24.0 Å². The van der Waals surface area contributed by atoms with Crippen LogP contribution in [0.2, 0.25) is 0 Å². The zero-order chi connectivity index (χ0) is 14.4. The van der Waals surface area contributed by atoms with Crippen LogP contribution in [0.4, 0.5) is 0 Å². The first-order chi connectivity index (χ1) is 10.3. The lowest BCUT2D eigenvalue weighted by atomic mass is 10.1. The van der Waals surface area contributed by atoms with Crippen molar-refractivity contribution >= 4 is 10.8 Å². The van der Waals surface area contributed by atoms with E-state index in [2.05, 4.69) is 18.2 Å². The van der Waals surface area contributed by atoms with Gasteiger partial charge in [0.1, 0.15) is 5.75 Å². The number of nitrogens with zero attached hydrogens (tertiary/aromatic N) is 1. The van der Waals surface area contributed by atoms with E-state index in [9.17, 15) is 5.11 Å². The van der Waals surface area contributed by atoms with Crippen LogP contribution in [0.15, 0.2) is 42.6 Å². The molecule has 3 nitrogen and oxygen atoms in total. The van der Waals surface area contributed by atoms with Gasteiger partial charge in [0.25, 0.3) is 0 Å². The summed E-state index contributed by atoms with van der Waals surface area (Å²) in [6.07, 6.45) is 5.52. The topological polar surface area (TPSA) is 34.4 Å². The van der Waals surface area contributed by atoms with Gasteiger partial charge in [0.05, 0.1) is 7.11 Å². The quantitative estimate of drug-likeness (QED) is 0.773. The molecule has 0 saturated carbocycles. The Morgan fingerprint density at radius 3 is 2.76 bits per heavy atom. The van der Waals surface area contributed by atoms with E-state index in [-0.39, 0.29) is 5.88 Å². The van der Waals surface area contributed by atoms with Crippen molar-refractivity contribution < 1.29 is 9.84 Å². The predicted molar refractivity (Wildman–Crippen MR) is 83.5 cm³/mol. The third kappa shape index (κ3) is 1.88. The van der Waals surface area contributed by atoms with Gasteiger partial charge in [-0.25, -0.2) is 0 Å². The Morgan fingerprint density at radius 2 is 1.90 bits per heavy atom. The minimum atomic E-state index is 0.266. The van der Waals surface area contributed by atoms with Gasteiger partial charge < -0.3 is 9.84 Å². The molecule has 106 valence electrons. The maximum atomic E-state index is 10.5. The fraction of sp³-hybridized carbons (Fsp3) is 0.222. The molecule has 2 aromatic carbocycles. The first-order valence-electron chi connectivity index (χ1n) is 7.26. The Labute approximate surface area is 123 Å². The van der Waals surface area contributed by atoms with Crippen LogP contribution < -0.4 is 4.74 Å². The number of hydrogen-bond acceptors (Lipinski definition) is 2. The van der Waals surface area contributed by atoms with E-state index in [1.807, 2.05) is 29.0 Å². The lowest BCUT2D eigenvalue weighted by Crippen LogP contribution is -1.93. The smallest absolute Gasteiger partial charge is 0.203 e. The van der Waals surface area contributed by atoms with Crippen LogP contribution in [-0.4, -0.2) is 16.8 Å². The highest BCUT2D eigenvalue weighted by molar-refractivity contribution is 5.90. The summed E-state index contributed by atoms with van der Waals surface area (Å²) < 4.78 is 7.08. The second-order valence-electron chi connectivity index (χ2n) is 5.58. The van der Waals surface area contributed by atoms with Gasteiger partial charge in [-0.05, 0) is 60.7 Å². The van der Waals surface area contributed by atoms with Gasteiger partial charge in [-0.1, -0.05) is 6.07 Å². The molecule has 21 heavy (non-hydrogen) atoms. The Balaban J connectivity index is 1.88. The van der Waals surface area contributed by atoms with Crippen LogP contribution >= 0.6 is 0 Å². The Bertz CT molecular complexity index is 833. The van der Waals surface area contributed by atoms with E-state index in [0.29, 0.717) is 0 Å². The van der Waals surface area contributed by atoms with E-state index < -0.39 is 0 Å². The summed E-state index contributed by atoms with van der Waals surface area (Å²) >= 11 is 0. The second-order valence-corrected chi connectivity index (χ2v) is 5.58. The fourth-order valence-corrected chi connectivity index (χ4v) is 3.20. The van der Waals surface area contributed by atoms with Gasteiger partial charge in [0.2, 0.25) is 5.88 Å². The highest BCUT2D eigenvalue weighted by atomic mass is 16.5. The Morgan fingerprint density at radius 1 is 1.05 bits per heavy atom. The maximum Gasteiger partial charge on any atom is 0.203 e. The van der Waals surface area contributed by atoms with Crippen molar-refractivity contribution in [2.75, 3.05) is 7.11 Å². The summed E-state index contributed by atoms with van der Waals surface area (Å²) in [6.45, 7) is 0. The number of aromatic nitrogens is 1. The molecule has 1 aliphatic carbocycles. The minimum absolute atomic E-state index is 0.266. The molecule has 4 rings (SSSR count). The standard InChI is InChI=1S/C18H17NO2/c1-21-16-8-6-14-11-19(18(20)17(14)10-16)15-7-5-12-3-2-4-13(12)9-15/h5-11,20H,2-4H2,1H3. The third-order valence-corrected chi connectivity index (χ3v) is 4.36. The zero-order valence-corrected chi connectivity index (χ0v) is 12.0. The molecule has 0 spiro atoms. The lowest BCUT2D eigenvalue weighted by molar-refractivity contribution is 0.414. The van der Waals surface area contributed by atoms with Gasteiger partial charge in [-0.2, -0.15) is 0 Å². The number of aromatic hydroxyl groups is 1. The largest absolute Gasteiger partial charge is 0.497 e. The molecule has 3 heteroatoms. The van der Waals surface area contributed by atoms with Gasteiger partial charge in [-0.15, -0.1) is 0 Å². The average molecular weight is 279 g/mol. The van der Waals surface area contributed by atoms with E-state index in [0.717, 1.165) is 28.6 Å². The van der Waals surface area contributed by atoms with E-state index >= 15 is 0 Å². The molecule has 0 unspecified atom stereocenters. The number of benzene rings is 2. The summed E-state index contributed by atoms with van der Waals surface area (Å²) in [5.74, 6) is 1.02. The summed E-state index contributed by atoms with van der Waals surface area (Å²) in [4.78, 5) is 0. The molecule has 3 aromatic rings. The van der Waals surface area contributed by atoms with Crippen LogP contribution in [0.1, 0.15) is 17.5 Å². The number of methoxy groups -OCH3 is 1. The third-order valence-electron chi connectivity index (χ3n) is 4.36. The fourth-order valence-electron chi connectivity index (χ4n) is 3.20. The molecular formula is C18H17NO2. The number of fused-ring (bicyclic) bond motifs is 2. The SMILES string of the molecule is COc1ccc2cn(-c3ccc4c(c3)CCC4)c(O)c2c1.